The second-order valence-electron chi connectivity index (χ2n) is 2.48. The van der Waals surface area contributed by atoms with Gasteiger partial charge in [0.25, 0.3) is 0 Å². The lowest BCUT2D eigenvalue weighted by Gasteiger charge is -2.02. The molecular weight excluding hydrogens is 188 g/mol. The molecule has 0 bridgehead atoms. The molecule has 14 heavy (non-hydrogen) atoms. The molecule has 0 saturated carbocycles. The van der Waals surface area contributed by atoms with Crippen LogP contribution in [0.3, 0.4) is 0 Å². The molecule has 0 fully saturated rings. The minimum Gasteiger partial charge on any atom is -0.494 e. The van der Waals surface area contributed by atoms with Crippen LogP contribution in [0.15, 0.2) is 12.1 Å². The zero-order valence-electron chi connectivity index (χ0n) is 7.60. The SMILES string of the molecule is COc1cc(C#CCN)cc(F)c1F. The van der Waals surface area contributed by atoms with Crippen molar-refractivity contribution < 1.29 is 13.5 Å². The molecule has 0 spiro atoms. The molecule has 0 unspecified atom stereocenters. The molecule has 2 nitrogen and oxygen atoms in total. The normalized spacial score (nSPS) is 9.14. The van der Waals surface area contributed by atoms with E-state index < -0.39 is 11.6 Å². The Morgan fingerprint density at radius 3 is 2.71 bits per heavy atom. The monoisotopic (exact) mass is 197 g/mol. The van der Waals surface area contributed by atoms with E-state index in [1.54, 1.807) is 0 Å². The molecule has 74 valence electrons. The zero-order chi connectivity index (χ0) is 10.6. The van der Waals surface area contributed by atoms with Gasteiger partial charge in [0.05, 0.1) is 13.7 Å². The van der Waals surface area contributed by atoms with E-state index in [2.05, 4.69) is 16.6 Å². The topological polar surface area (TPSA) is 35.2 Å². The number of rotatable bonds is 1. The standard InChI is InChI=1S/C10H9F2NO/c1-14-9-6-7(3-2-4-13)5-8(11)10(9)12/h5-6H,4,13H2,1H3. The molecule has 0 saturated heterocycles. The smallest absolute Gasteiger partial charge is 0.200 e. The van der Waals surface area contributed by atoms with Crippen LogP contribution in [0, 0.1) is 23.5 Å². The van der Waals surface area contributed by atoms with Crippen molar-refractivity contribution >= 4 is 0 Å². The van der Waals surface area contributed by atoms with Gasteiger partial charge in [-0.25, -0.2) is 4.39 Å². The Labute approximate surface area is 80.7 Å². The highest BCUT2D eigenvalue weighted by atomic mass is 19.2. The van der Waals surface area contributed by atoms with E-state index in [4.69, 9.17) is 5.73 Å². The third-order valence-electron chi connectivity index (χ3n) is 1.55. The second-order valence-corrected chi connectivity index (χ2v) is 2.48. The van der Waals surface area contributed by atoms with Crippen molar-refractivity contribution in [3.05, 3.63) is 29.3 Å². The molecule has 2 N–H and O–H groups in total. The predicted molar refractivity (Wildman–Crippen MR) is 48.8 cm³/mol. The summed E-state index contributed by atoms with van der Waals surface area (Å²) in [4.78, 5) is 0. The first kappa shape index (κ1) is 10.5. The van der Waals surface area contributed by atoms with Crippen molar-refractivity contribution in [2.75, 3.05) is 13.7 Å². The van der Waals surface area contributed by atoms with Crippen molar-refractivity contribution in [1.82, 2.24) is 0 Å². The van der Waals surface area contributed by atoms with Gasteiger partial charge < -0.3 is 10.5 Å². The van der Waals surface area contributed by atoms with Gasteiger partial charge in [-0.1, -0.05) is 11.8 Å². The molecule has 0 aliphatic rings. The average molecular weight is 197 g/mol. The van der Waals surface area contributed by atoms with Crippen LogP contribution in [-0.4, -0.2) is 13.7 Å². The summed E-state index contributed by atoms with van der Waals surface area (Å²) in [5, 5.41) is 0. The fourth-order valence-electron chi connectivity index (χ4n) is 0.938. The second kappa shape index (κ2) is 4.58. The van der Waals surface area contributed by atoms with Gasteiger partial charge in [-0.2, -0.15) is 4.39 Å². The number of methoxy groups -OCH3 is 1. The first-order valence-electron chi connectivity index (χ1n) is 3.91. The Bertz CT molecular complexity index is 393. The van der Waals surface area contributed by atoms with Crippen LogP contribution in [0.5, 0.6) is 5.75 Å². The molecule has 4 heteroatoms. The van der Waals surface area contributed by atoms with E-state index in [1.807, 2.05) is 0 Å². The lowest BCUT2D eigenvalue weighted by atomic mass is 10.2. The van der Waals surface area contributed by atoms with Gasteiger partial charge in [-0.05, 0) is 12.1 Å². The summed E-state index contributed by atoms with van der Waals surface area (Å²) in [7, 11) is 1.26. The van der Waals surface area contributed by atoms with Gasteiger partial charge in [-0.15, -0.1) is 0 Å². The van der Waals surface area contributed by atoms with Gasteiger partial charge in [-0.3, -0.25) is 0 Å². The van der Waals surface area contributed by atoms with Crippen LogP contribution in [0.1, 0.15) is 5.56 Å². The first-order chi connectivity index (χ1) is 6.69. The van der Waals surface area contributed by atoms with Gasteiger partial charge in [0, 0.05) is 5.56 Å². The fourth-order valence-corrected chi connectivity index (χ4v) is 0.938. The number of halogens is 2. The molecule has 0 radical (unpaired) electrons. The van der Waals surface area contributed by atoms with Crippen LogP contribution >= 0.6 is 0 Å². The molecule has 1 aromatic rings. The maximum Gasteiger partial charge on any atom is 0.200 e. The minimum atomic E-state index is -1.01. The summed E-state index contributed by atoms with van der Waals surface area (Å²) in [6.45, 7) is 0.168. The van der Waals surface area contributed by atoms with E-state index >= 15 is 0 Å². The van der Waals surface area contributed by atoms with Crippen LogP contribution in [0.2, 0.25) is 0 Å². The van der Waals surface area contributed by atoms with Crippen LogP contribution in [0.4, 0.5) is 8.78 Å². The summed E-state index contributed by atoms with van der Waals surface area (Å²) in [5.41, 5.74) is 5.48. The van der Waals surface area contributed by atoms with E-state index in [0.717, 1.165) is 6.07 Å². The number of nitrogens with two attached hydrogens (primary N) is 1. The molecule has 0 aliphatic carbocycles. The van der Waals surface area contributed by atoms with E-state index in [1.165, 1.54) is 13.2 Å². The van der Waals surface area contributed by atoms with Gasteiger partial charge in [0.2, 0.25) is 5.82 Å². The Balaban J connectivity index is 3.16. The summed E-state index contributed by atoms with van der Waals surface area (Å²) in [5.74, 6) is 2.97. The van der Waals surface area contributed by atoms with E-state index in [9.17, 15) is 8.78 Å². The largest absolute Gasteiger partial charge is 0.494 e. The van der Waals surface area contributed by atoms with Crippen molar-refractivity contribution in [1.29, 1.82) is 0 Å². The molecular formula is C10H9F2NO. The average Bonchev–Trinajstić information content (AvgIpc) is 2.19. The molecule has 0 aromatic heterocycles. The lowest BCUT2D eigenvalue weighted by Crippen LogP contribution is -1.95. The number of hydrogen-bond donors (Lipinski definition) is 1. The highest BCUT2D eigenvalue weighted by Gasteiger charge is 2.09. The zero-order valence-corrected chi connectivity index (χ0v) is 7.60. The molecule has 0 atom stereocenters. The van der Waals surface area contributed by atoms with Crippen molar-refractivity contribution in [2.24, 2.45) is 5.73 Å². The van der Waals surface area contributed by atoms with Gasteiger partial charge in [0.15, 0.2) is 11.6 Å². The number of ether oxygens (including phenoxy) is 1. The fraction of sp³-hybridized carbons (Fsp3) is 0.200. The van der Waals surface area contributed by atoms with Crippen LogP contribution in [0.25, 0.3) is 0 Å². The summed E-state index contributed by atoms with van der Waals surface area (Å²) >= 11 is 0. The predicted octanol–water partition coefficient (Wildman–Crippen LogP) is 1.28. The van der Waals surface area contributed by atoms with Crippen molar-refractivity contribution in [3.8, 4) is 17.6 Å². The first-order valence-corrected chi connectivity index (χ1v) is 3.91. The third kappa shape index (κ3) is 2.21. The number of benzene rings is 1. The maximum absolute atomic E-state index is 12.9. The molecule has 1 aromatic carbocycles. The molecule has 0 heterocycles. The highest BCUT2D eigenvalue weighted by Crippen LogP contribution is 2.21. The molecule has 0 aliphatic heterocycles. The highest BCUT2D eigenvalue weighted by molar-refractivity contribution is 5.41. The van der Waals surface area contributed by atoms with Gasteiger partial charge in [0.1, 0.15) is 0 Å². The lowest BCUT2D eigenvalue weighted by molar-refractivity contribution is 0.371. The molecule has 1 rings (SSSR count). The maximum atomic E-state index is 12.9. The van der Waals surface area contributed by atoms with Crippen molar-refractivity contribution in [3.63, 3.8) is 0 Å². The molecule has 0 amide bonds. The Morgan fingerprint density at radius 1 is 1.43 bits per heavy atom. The summed E-state index contributed by atoms with van der Waals surface area (Å²) < 4.78 is 30.5. The van der Waals surface area contributed by atoms with Crippen LogP contribution in [-0.2, 0) is 0 Å². The quantitative estimate of drug-likeness (QED) is 0.688. The number of hydrogen-bond acceptors (Lipinski definition) is 2. The van der Waals surface area contributed by atoms with Crippen molar-refractivity contribution in [2.45, 2.75) is 0 Å². The third-order valence-corrected chi connectivity index (χ3v) is 1.55. The summed E-state index contributed by atoms with van der Waals surface area (Å²) in [6.07, 6.45) is 0. The summed E-state index contributed by atoms with van der Waals surface area (Å²) in [6, 6.07) is 2.32. The van der Waals surface area contributed by atoms with Gasteiger partial charge >= 0.3 is 0 Å². The van der Waals surface area contributed by atoms with E-state index in [0.29, 0.717) is 5.56 Å². The van der Waals surface area contributed by atoms with Crippen LogP contribution < -0.4 is 10.5 Å². The Morgan fingerprint density at radius 2 is 2.14 bits per heavy atom. The Kier molecular flexibility index (Phi) is 3.43. The van der Waals surface area contributed by atoms with E-state index in [-0.39, 0.29) is 12.3 Å². The minimum absolute atomic E-state index is 0.161. The Hall–Kier alpha value is -1.60.